The molecule has 1 saturated heterocycles. The van der Waals surface area contributed by atoms with Crippen molar-refractivity contribution in [2.45, 2.75) is 13.5 Å². The highest BCUT2D eigenvalue weighted by Gasteiger charge is 2.21. The summed E-state index contributed by atoms with van der Waals surface area (Å²) in [6.07, 6.45) is 2.04. The molecule has 1 N–H and O–H groups in total. The van der Waals surface area contributed by atoms with Gasteiger partial charge in [-0.15, -0.1) is 0 Å². The van der Waals surface area contributed by atoms with Crippen molar-refractivity contribution in [3.63, 3.8) is 0 Å². The molecule has 0 saturated carbocycles. The topological polar surface area (TPSA) is 76.5 Å². The van der Waals surface area contributed by atoms with Crippen molar-refractivity contribution in [3.05, 3.63) is 47.3 Å². The molecule has 2 amide bonds. The first-order valence-corrected chi connectivity index (χ1v) is 8.07. The van der Waals surface area contributed by atoms with Crippen molar-refractivity contribution in [1.82, 2.24) is 14.7 Å². The third kappa shape index (κ3) is 3.72. The van der Waals surface area contributed by atoms with Crippen molar-refractivity contribution >= 4 is 17.5 Å². The molecule has 9 heteroatoms. The van der Waals surface area contributed by atoms with Crippen LogP contribution in [0.1, 0.15) is 32.8 Å². The van der Waals surface area contributed by atoms with Gasteiger partial charge in [0.2, 0.25) is 0 Å². The molecule has 0 aliphatic carbocycles. The van der Waals surface area contributed by atoms with E-state index in [0.717, 1.165) is 12.4 Å². The average molecular weight is 364 g/mol. The molecule has 1 aromatic heterocycles. The van der Waals surface area contributed by atoms with Gasteiger partial charge in [-0.25, -0.2) is 4.68 Å². The van der Waals surface area contributed by atoms with E-state index in [1.54, 1.807) is 30.0 Å². The van der Waals surface area contributed by atoms with Crippen molar-refractivity contribution in [3.8, 4) is 0 Å². The Morgan fingerprint density at radius 2 is 2.00 bits per heavy atom. The molecule has 138 valence electrons. The fourth-order valence-corrected chi connectivity index (χ4v) is 2.70. The highest BCUT2D eigenvalue weighted by molar-refractivity contribution is 6.05. The Kier molecular flexibility index (Phi) is 5.27. The SMILES string of the molecule is Cc1c(NC(=O)c2cnn(C(F)F)c2)cccc1C(=O)N1CCOCC1. The molecule has 1 aliphatic rings. The number of halogens is 2. The third-order valence-corrected chi connectivity index (χ3v) is 4.17. The quantitative estimate of drug-likeness (QED) is 0.903. The first-order chi connectivity index (χ1) is 12.5. The fraction of sp³-hybridized carbons (Fsp3) is 0.353. The number of anilines is 1. The number of nitrogens with one attached hydrogen (secondary N) is 1. The number of aromatic nitrogens is 2. The van der Waals surface area contributed by atoms with Gasteiger partial charge in [-0.1, -0.05) is 6.07 Å². The van der Waals surface area contributed by atoms with Crippen molar-refractivity contribution in [2.24, 2.45) is 0 Å². The molecule has 2 aromatic rings. The molecule has 3 rings (SSSR count). The number of hydrogen-bond donors (Lipinski definition) is 1. The summed E-state index contributed by atoms with van der Waals surface area (Å²) < 4.78 is 30.8. The number of morpholine rings is 1. The van der Waals surface area contributed by atoms with Gasteiger partial charge >= 0.3 is 6.55 Å². The summed E-state index contributed by atoms with van der Waals surface area (Å²) in [5.74, 6) is -0.705. The zero-order valence-corrected chi connectivity index (χ0v) is 14.1. The van der Waals surface area contributed by atoms with Crippen LogP contribution in [-0.4, -0.2) is 52.8 Å². The zero-order chi connectivity index (χ0) is 18.7. The standard InChI is InChI=1S/C17H18F2N4O3/c1-11-13(16(25)22-5-7-26-8-6-22)3-2-4-14(11)21-15(24)12-9-20-23(10-12)17(18)19/h2-4,9-10,17H,5-8H2,1H3,(H,21,24). The molecule has 0 radical (unpaired) electrons. The van der Waals surface area contributed by atoms with Gasteiger partial charge in [-0.2, -0.15) is 13.9 Å². The highest BCUT2D eigenvalue weighted by atomic mass is 19.3. The minimum atomic E-state index is -2.81. The van der Waals surface area contributed by atoms with E-state index in [2.05, 4.69) is 10.4 Å². The Labute approximate surface area is 148 Å². The Hall–Kier alpha value is -2.81. The van der Waals surface area contributed by atoms with Crippen molar-refractivity contribution in [2.75, 3.05) is 31.6 Å². The predicted molar refractivity (Wildman–Crippen MR) is 89.3 cm³/mol. The summed E-state index contributed by atoms with van der Waals surface area (Å²) in [6.45, 7) is 0.938. The van der Waals surface area contributed by atoms with Gasteiger partial charge in [0.05, 0.1) is 25.0 Å². The van der Waals surface area contributed by atoms with Gasteiger partial charge in [-0.05, 0) is 24.6 Å². The van der Waals surface area contributed by atoms with Crippen LogP contribution in [0.5, 0.6) is 0 Å². The zero-order valence-electron chi connectivity index (χ0n) is 14.1. The van der Waals surface area contributed by atoms with Crippen LogP contribution in [0, 0.1) is 6.92 Å². The van der Waals surface area contributed by atoms with E-state index in [-0.39, 0.29) is 11.5 Å². The molecule has 0 spiro atoms. The molecule has 1 aliphatic heterocycles. The van der Waals surface area contributed by atoms with E-state index in [1.807, 2.05) is 0 Å². The van der Waals surface area contributed by atoms with Crippen LogP contribution < -0.4 is 5.32 Å². The maximum atomic E-state index is 12.7. The van der Waals surface area contributed by atoms with Gasteiger partial charge in [-0.3, -0.25) is 9.59 Å². The second-order valence-corrected chi connectivity index (χ2v) is 5.82. The lowest BCUT2D eigenvalue weighted by atomic mass is 10.0. The molecular weight excluding hydrogens is 346 g/mol. The summed E-state index contributed by atoms with van der Waals surface area (Å²) >= 11 is 0. The molecule has 7 nitrogen and oxygen atoms in total. The second-order valence-electron chi connectivity index (χ2n) is 5.82. The van der Waals surface area contributed by atoms with Crippen LogP contribution in [0.2, 0.25) is 0 Å². The number of alkyl halides is 2. The summed E-state index contributed by atoms with van der Waals surface area (Å²) in [7, 11) is 0. The summed E-state index contributed by atoms with van der Waals surface area (Å²) in [4.78, 5) is 26.6. The average Bonchev–Trinajstić information content (AvgIpc) is 3.14. The molecule has 2 heterocycles. The number of rotatable bonds is 4. The minimum Gasteiger partial charge on any atom is -0.378 e. The van der Waals surface area contributed by atoms with Crippen LogP contribution in [-0.2, 0) is 4.74 Å². The minimum absolute atomic E-state index is 0.00890. The molecule has 26 heavy (non-hydrogen) atoms. The lowest BCUT2D eigenvalue weighted by Crippen LogP contribution is -2.41. The Morgan fingerprint density at radius 3 is 2.65 bits per heavy atom. The Morgan fingerprint density at radius 1 is 1.27 bits per heavy atom. The maximum Gasteiger partial charge on any atom is 0.333 e. The highest BCUT2D eigenvalue weighted by Crippen LogP contribution is 2.22. The van der Waals surface area contributed by atoms with E-state index < -0.39 is 12.5 Å². The van der Waals surface area contributed by atoms with Gasteiger partial charge < -0.3 is 15.0 Å². The van der Waals surface area contributed by atoms with Crippen LogP contribution in [0.4, 0.5) is 14.5 Å². The summed E-state index contributed by atoms with van der Waals surface area (Å²) in [5.41, 5.74) is 1.54. The predicted octanol–water partition coefficient (Wildman–Crippen LogP) is 2.31. The summed E-state index contributed by atoms with van der Waals surface area (Å²) in [5, 5.41) is 6.09. The molecule has 1 aromatic carbocycles. The normalized spacial score (nSPS) is 14.5. The number of benzene rings is 1. The molecular formula is C17H18F2N4O3. The van der Waals surface area contributed by atoms with Crippen LogP contribution >= 0.6 is 0 Å². The molecule has 0 unspecified atom stereocenters. The molecule has 0 atom stereocenters. The maximum absolute atomic E-state index is 12.7. The lowest BCUT2D eigenvalue weighted by molar-refractivity contribution is 0.0302. The van der Waals surface area contributed by atoms with E-state index in [0.29, 0.717) is 47.8 Å². The molecule has 1 fully saturated rings. The number of nitrogens with zero attached hydrogens (tertiary/aromatic N) is 3. The van der Waals surface area contributed by atoms with E-state index in [4.69, 9.17) is 4.74 Å². The third-order valence-electron chi connectivity index (χ3n) is 4.17. The van der Waals surface area contributed by atoms with E-state index in [9.17, 15) is 18.4 Å². The Balaban J connectivity index is 1.78. The number of hydrogen-bond acceptors (Lipinski definition) is 4. The van der Waals surface area contributed by atoms with E-state index >= 15 is 0 Å². The monoisotopic (exact) mass is 364 g/mol. The number of carbonyl (C=O) groups excluding carboxylic acids is 2. The van der Waals surface area contributed by atoms with Gasteiger partial charge in [0, 0.05) is 30.5 Å². The van der Waals surface area contributed by atoms with Crippen molar-refractivity contribution < 1.29 is 23.1 Å². The largest absolute Gasteiger partial charge is 0.378 e. The fourth-order valence-electron chi connectivity index (χ4n) is 2.70. The first-order valence-electron chi connectivity index (χ1n) is 8.07. The lowest BCUT2D eigenvalue weighted by Gasteiger charge is -2.27. The van der Waals surface area contributed by atoms with Crippen LogP contribution in [0.3, 0.4) is 0 Å². The van der Waals surface area contributed by atoms with Crippen LogP contribution in [0.15, 0.2) is 30.6 Å². The van der Waals surface area contributed by atoms with E-state index in [1.165, 1.54) is 0 Å². The smallest absolute Gasteiger partial charge is 0.333 e. The Bertz CT molecular complexity index is 816. The van der Waals surface area contributed by atoms with Gasteiger partial charge in [0.25, 0.3) is 11.8 Å². The number of amides is 2. The first kappa shape index (κ1) is 18.0. The molecule has 0 bridgehead atoms. The second kappa shape index (κ2) is 7.61. The van der Waals surface area contributed by atoms with Gasteiger partial charge in [0.1, 0.15) is 0 Å². The number of ether oxygens (including phenoxy) is 1. The van der Waals surface area contributed by atoms with Gasteiger partial charge in [0.15, 0.2) is 0 Å². The number of carbonyl (C=O) groups is 2. The van der Waals surface area contributed by atoms with Crippen molar-refractivity contribution in [1.29, 1.82) is 0 Å². The van der Waals surface area contributed by atoms with Crippen LogP contribution in [0.25, 0.3) is 0 Å². The summed E-state index contributed by atoms with van der Waals surface area (Å²) in [6, 6.07) is 5.01.